The molecule has 1 N–H and O–H groups in total. The van der Waals surface area contributed by atoms with Crippen molar-refractivity contribution in [3.05, 3.63) is 59.2 Å². The standard InChI is InChI=1S/C19H23NO3/c1-13-9-10-14(2)18(11-13)23-12-19(21)20-15(3)16-7-5-6-8-17(16)22-4/h5-11,15H,12H2,1-4H3,(H,20,21)/t15-/m1/s1. The lowest BCUT2D eigenvalue weighted by molar-refractivity contribution is -0.123. The number of nitrogens with one attached hydrogen (secondary N) is 1. The summed E-state index contributed by atoms with van der Waals surface area (Å²) in [6, 6.07) is 13.4. The molecule has 4 nitrogen and oxygen atoms in total. The first kappa shape index (κ1) is 16.9. The molecule has 0 bridgehead atoms. The van der Waals surface area contributed by atoms with Gasteiger partial charge in [0, 0.05) is 5.56 Å². The number of methoxy groups -OCH3 is 1. The zero-order valence-electron chi connectivity index (χ0n) is 14.1. The van der Waals surface area contributed by atoms with E-state index in [9.17, 15) is 4.79 Å². The van der Waals surface area contributed by atoms with Crippen LogP contribution in [0.25, 0.3) is 0 Å². The fourth-order valence-electron chi connectivity index (χ4n) is 2.39. The first-order chi connectivity index (χ1) is 11.0. The Hall–Kier alpha value is -2.49. The van der Waals surface area contributed by atoms with Gasteiger partial charge in [0.15, 0.2) is 6.61 Å². The van der Waals surface area contributed by atoms with E-state index >= 15 is 0 Å². The summed E-state index contributed by atoms with van der Waals surface area (Å²) >= 11 is 0. The number of benzene rings is 2. The Morgan fingerprint density at radius 1 is 1.13 bits per heavy atom. The van der Waals surface area contributed by atoms with Gasteiger partial charge in [-0.2, -0.15) is 0 Å². The molecule has 23 heavy (non-hydrogen) atoms. The molecule has 0 aliphatic rings. The van der Waals surface area contributed by atoms with E-state index in [1.807, 2.05) is 63.2 Å². The number of aryl methyl sites for hydroxylation is 2. The highest BCUT2D eigenvalue weighted by Crippen LogP contribution is 2.24. The molecule has 0 heterocycles. The van der Waals surface area contributed by atoms with Crippen molar-refractivity contribution in [1.29, 1.82) is 0 Å². The van der Waals surface area contributed by atoms with E-state index in [0.29, 0.717) is 0 Å². The third-order valence-electron chi connectivity index (χ3n) is 3.69. The van der Waals surface area contributed by atoms with Gasteiger partial charge in [-0.1, -0.05) is 30.3 Å². The van der Waals surface area contributed by atoms with Gasteiger partial charge >= 0.3 is 0 Å². The average Bonchev–Trinajstić information content (AvgIpc) is 2.55. The van der Waals surface area contributed by atoms with Gasteiger partial charge < -0.3 is 14.8 Å². The molecule has 0 aliphatic heterocycles. The molecule has 1 atom stereocenters. The van der Waals surface area contributed by atoms with Crippen LogP contribution in [0.3, 0.4) is 0 Å². The highest BCUT2D eigenvalue weighted by molar-refractivity contribution is 5.78. The first-order valence-corrected chi connectivity index (χ1v) is 7.63. The summed E-state index contributed by atoms with van der Waals surface area (Å²) in [5.41, 5.74) is 3.06. The largest absolute Gasteiger partial charge is 0.496 e. The lowest BCUT2D eigenvalue weighted by atomic mass is 10.1. The van der Waals surface area contributed by atoms with Crippen LogP contribution in [-0.2, 0) is 4.79 Å². The molecule has 1 amide bonds. The molecule has 2 aromatic carbocycles. The second-order valence-corrected chi connectivity index (χ2v) is 5.59. The Labute approximate surface area is 137 Å². The van der Waals surface area contributed by atoms with Crippen molar-refractivity contribution in [3.63, 3.8) is 0 Å². The lowest BCUT2D eigenvalue weighted by Gasteiger charge is -2.17. The second kappa shape index (κ2) is 7.68. The monoisotopic (exact) mass is 313 g/mol. The molecule has 2 aromatic rings. The molecule has 0 aromatic heterocycles. The van der Waals surface area contributed by atoms with Crippen LogP contribution in [0.4, 0.5) is 0 Å². The van der Waals surface area contributed by atoms with E-state index in [0.717, 1.165) is 28.2 Å². The van der Waals surface area contributed by atoms with Crippen molar-refractivity contribution >= 4 is 5.91 Å². The van der Waals surface area contributed by atoms with Crippen molar-refractivity contribution in [3.8, 4) is 11.5 Å². The quantitative estimate of drug-likeness (QED) is 0.887. The normalized spacial score (nSPS) is 11.7. The van der Waals surface area contributed by atoms with Gasteiger partial charge in [0.2, 0.25) is 0 Å². The van der Waals surface area contributed by atoms with Gasteiger partial charge in [-0.05, 0) is 44.0 Å². The number of hydrogen-bond donors (Lipinski definition) is 1. The van der Waals surface area contributed by atoms with Crippen LogP contribution in [-0.4, -0.2) is 19.6 Å². The average molecular weight is 313 g/mol. The second-order valence-electron chi connectivity index (χ2n) is 5.59. The van der Waals surface area contributed by atoms with Crippen molar-refractivity contribution in [1.82, 2.24) is 5.32 Å². The maximum Gasteiger partial charge on any atom is 0.258 e. The minimum atomic E-state index is -0.163. The smallest absolute Gasteiger partial charge is 0.258 e. The first-order valence-electron chi connectivity index (χ1n) is 7.63. The van der Waals surface area contributed by atoms with Crippen LogP contribution in [0, 0.1) is 13.8 Å². The van der Waals surface area contributed by atoms with Crippen molar-refractivity contribution in [2.75, 3.05) is 13.7 Å². The Balaban J connectivity index is 1.95. The molecule has 0 unspecified atom stereocenters. The van der Waals surface area contributed by atoms with Crippen LogP contribution in [0.15, 0.2) is 42.5 Å². The van der Waals surface area contributed by atoms with Gasteiger partial charge in [-0.3, -0.25) is 4.79 Å². The Morgan fingerprint density at radius 2 is 1.87 bits per heavy atom. The van der Waals surface area contributed by atoms with E-state index in [-0.39, 0.29) is 18.6 Å². The Morgan fingerprint density at radius 3 is 2.61 bits per heavy atom. The van der Waals surface area contributed by atoms with Crippen molar-refractivity contribution in [2.24, 2.45) is 0 Å². The molecule has 0 fully saturated rings. The Bertz CT molecular complexity index is 682. The van der Waals surface area contributed by atoms with Crippen molar-refractivity contribution in [2.45, 2.75) is 26.8 Å². The molecule has 4 heteroatoms. The van der Waals surface area contributed by atoms with Gasteiger partial charge in [0.1, 0.15) is 11.5 Å². The third kappa shape index (κ3) is 4.49. The van der Waals surface area contributed by atoms with Crippen LogP contribution in [0.2, 0.25) is 0 Å². The molecular formula is C19H23NO3. The van der Waals surface area contributed by atoms with Gasteiger partial charge in [0.05, 0.1) is 13.2 Å². The number of ether oxygens (including phenoxy) is 2. The van der Waals surface area contributed by atoms with E-state index in [4.69, 9.17) is 9.47 Å². The van der Waals surface area contributed by atoms with E-state index in [2.05, 4.69) is 5.32 Å². The van der Waals surface area contributed by atoms with E-state index < -0.39 is 0 Å². The summed E-state index contributed by atoms with van der Waals surface area (Å²) in [7, 11) is 1.62. The highest BCUT2D eigenvalue weighted by Gasteiger charge is 2.14. The molecule has 2 rings (SSSR count). The fourth-order valence-corrected chi connectivity index (χ4v) is 2.39. The molecule has 0 aliphatic carbocycles. The zero-order chi connectivity index (χ0) is 16.8. The summed E-state index contributed by atoms with van der Waals surface area (Å²) in [5, 5.41) is 2.93. The molecule has 0 saturated heterocycles. The van der Waals surface area contributed by atoms with Crippen LogP contribution in [0.5, 0.6) is 11.5 Å². The maximum absolute atomic E-state index is 12.1. The predicted octanol–water partition coefficient (Wildman–Crippen LogP) is 3.57. The van der Waals surface area contributed by atoms with Gasteiger partial charge in [0.25, 0.3) is 5.91 Å². The number of carbonyl (C=O) groups is 1. The minimum Gasteiger partial charge on any atom is -0.496 e. The van der Waals surface area contributed by atoms with Crippen LogP contribution in [0.1, 0.15) is 29.7 Å². The summed E-state index contributed by atoms with van der Waals surface area (Å²) in [4.78, 5) is 12.1. The Kier molecular flexibility index (Phi) is 5.63. The topological polar surface area (TPSA) is 47.6 Å². The van der Waals surface area contributed by atoms with E-state index in [1.165, 1.54) is 0 Å². The summed E-state index contributed by atoms with van der Waals surface area (Å²) in [6.07, 6.45) is 0. The summed E-state index contributed by atoms with van der Waals surface area (Å²) in [6.45, 7) is 5.87. The molecular weight excluding hydrogens is 290 g/mol. The number of rotatable bonds is 6. The summed E-state index contributed by atoms with van der Waals surface area (Å²) in [5.74, 6) is 1.34. The van der Waals surface area contributed by atoms with Gasteiger partial charge in [-0.15, -0.1) is 0 Å². The summed E-state index contributed by atoms with van der Waals surface area (Å²) < 4.78 is 11.0. The molecule has 0 radical (unpaired) electrons. The fraction of sp³-hybridized carbons (Fsp3) is 0.316. The highest BCUT2D eigenvalue weighted by atomic mass is 16.5. The molecule has 0 spiro atoms. The van der Waals surface area contributed by atoms with Crippen LogP contribution < -0.4 is 14.8 Å². The zero-order valence-corrected chi connectivity index (χ0v) is 14.1. The molecule has 0 saturated carbocycles. The SMILES string of the molecule is COc1ccccc1[C@@H](C)NC(=O)COc1cc(C)ccc1C. The van der Waals surface area contributed by atoms with Gasteiger partial charge in [-0.25, -0.2) is 0 Å². The van der Waals surface area contributed by atoms with Crippen molar-refractivity contribution < 1.29 is 14.3 Å². The molecule has 122 valence electrons. The lowest BCUT2D eigenvalue weighted by Crippen LogP contribution is -2.31. The maximum atomic E-state index is 12.1. The number of para-hydroxylation sites is 1. The van der Waals surface area contributed by atoms with Crippen LogP contribution >= 0.6 is 0 Å². The third-order valence-corrected chi connectivity index (χ3v) is 3.69. The minimum absolute atomic E-state index is 0.0101. The number of hydrogen-bond acceptors (Lipinski definition) is 3. The number of carbonyl (C=O) groups excluding carboxylic acids is 1. The van der Waals surface area contributed by atoms with E-state index in [1.54, 1.807) is 7.11 Å². The number of amides is 1. The predicted molar refractivity (Wildman–Crippen MR) is 91.0 cm³/mol.